The van der Waals surface area contributed by atoms with Crippen molar-refractivity contribution in [1.29, 1.82) is 0 Å². The number of fused-ring (bicyclic) bond motifs is 1. The van der Waals surface area contributed by atoms with Gasteiger partial charge in [-0.25, -0.2) is 13.8 Å². The number of aryl methyl sites for hydroxylation is 1. The number of nitrogens with zero attached hydrogens (tertiary/aromatic N) is 2. The van der Waals surface area contributed by atoms with Crippen molar-refractivity contribution in [2.45, 2.75) is 38.1 Å². The molecule has 0 spiro atoms. The molecular formula is C15H19ClF2N2S. The molecule has 21 heavy (non-hydrogen) atoms. The molecule has 2 nitrogen and oxygen atoms in total. The van der Waals surface area contributed by atoms with Gasteiger partial charge < -0.3 is 4.57 Å². The molecule has 1 aromatic carbocycles. The number of rotatable bonds is 8. The molecule has 0 aliphatic carbocycles. The number of unbranched alkanes of at least 4 members (excludes halogenated alkanes) is 3. The minimum absolute atomic E-state index is 0.197. The van der Waals surface area contributed by atoms with Gasteiger partial charge in [-0.3, -0.25) is 0 Å². The second-order valence-corrected chi connectivity index (χ2v) is 6.20. The standard InChI is InChI=1S/C15H19ClF2N2S/c1-21-9-5-3-2-4-8-20-13(10-16)19-12-7-6-11(17)14(18)15(12)20/h6-7H,2-5,8-10H2,1H3. The van der Waals surface area contributed by atoms with Crippen LogP contribution in [0.5, 0.6) is 0 Å². The van der Waals surface area contributed by atoms with E-state index in [0.29, 0.717) is 17.9 Å². The summed E-state index contributed by atoms with van der Waals surface area (Å²) in [6.45, 7) is 0.623. The summed E-state index contributed by atoms with van der Waals surface area (Å²) in [5.74, 6) is 0.284. The molecular weight excluding hydrogens is 314 g/mol. The summed E-state index contributed by atoms with van der Waals surface area (Å²) in [6.07, 6.45) is 6.43. The quantitative estimate of drug-likeness (QED) is 0.501. The van der Waals surface area contributed by atoms with E-state index in [0.717, 1.165) is 25.3 Å². The Balaban J connectivity index is 2.12. The lowest BCUT2D eigenvalue weighted by atomic mass is 10.2. The molecule has 0 bridgehead atoms. The lowest BCUT2D eigenvalue weighted by Gasteiger charge is -2.08. The Hall–Kier alpha value is -0.810. The third kappa shape index (κ3) is 3.89. The van der Waals surface area contributed by atoms with Crippen LogP contribution in [0.3, 0.4) is 0 Å². The first-order valence-corrected chi connectivity index (χ1v) is 9.00. The van der Waals surface area contributed by atoms with Crippen LogP contribution in [0.1, 0.15) is 31.5 Å². The first-order chi connectivity index (χ1) is 10.2. The zero-order valence-corrected chi connectivity index (χ0v) is 13.6. The second-order valence-electron chi connectivity index (χ2n) is 4.95. The molecule has 0 N–H and O–H groups in total. The lowest BCUT2D eigenvalue weighted by molar-refractivity contribution is 0.507. The number of aromatic nitrogens is 2. The normalized spacial score (nSPS) is 11.4. The molecule has 1 aromatic heterocycles. The molecule has 2 rings (SSSR count). The maximum atomic E-state index is 14.0. The van der Waals surface area contributed by atoms with Gasteiger partial charge in [-0.15, -0.1) is 11.6 Å². The fraction of sp³-hybridized carbons (Fsp3) is 0.533. The van der Waals surface area contributed by atoms with E-state index in [-0.39, 0.29) is 11.4 Å². The molecule has 0 unspecified atom stereocenters. The highest BCUT2D eigenvalue weighted by Crippen LogP contribution is 2.23. The Labute approximate surface area is 132 Å². The largest absolute Gasteiger partial charge is 0.324 e. The first kappa shape index (κ1) is 16.6. The Morgan fingerprint density at radius 3 is 2.67 bits per heavy atom. The van der Waals surface area contributed by atoms with E-state index in [4.69, 9.17) is 11.6 Å². The van der Waals surface area contributed by atoms with Gasteiger partial charge in [0.1, 0.15) is 11.3 Å². The third-order valence-corrected chi connectivity index (χ3v) is 4.41. The van der Waals surface area contributed by atoms with Crippen LogP contribution in [0.15, 0.2) is 12.1 Å². The van der Waals surface area contributed by atoms with E-state index in [1.54, 1.807) is 4.57 Å². The smallest absolute Gasteiger partial charge is 0.184 e. The average molecular weight is 333 g/mol. The van der Waals surface area contributed by atoms with Gasteiger partial charge >= 0.3 is 0 Å². The number of imidazole rings is 1. The summed E-state index contributed by atoms with van der Waals surface area (Å²) in [5.41, 5.74) is 0.696. The fourth-order valence-electron chi connectivity index (χ4n) is 2.42. The molecule has 0 saturated heterocycles. The molecule has 0 amide bonds. The summed E-state index contributed by atoms with van der Waals surface area (Å²) >= 11 is 7.72. The Bertz CT molecular complexity index is 601. The van der Waals surface area contributed by atoms with Gasteiger partial charge in [-0.05, 0) is 37.0 Å². The number of hydrogen-bond acceptors (Lipinski definition) is 2. The molecule has 116 valence electrons. The number of alkyl halides is 1. The van der Waals surface area contributed by atoms with Crippen molar-refractivity contribution >= 4 is 34.4 Å². The summed E-state index contributed by atoms with van der Waals surface area (Å²) < 4.78 is 29.1. The lowest BCUT2D eigenvalue weighted by Crippen LogP contribution is -2.04. The summed E-state index contributed by atoms with van der Waals surface area (Å²) in [7, 11) is 0. The second kappa shape index (κ2) is 7.99. The van der Waals surface area contributed by atoms with Crippen molar-refractivity contribution < 1.29 is 8.78 Å². The van der Waals surface area contributed by atoms with Crippen molar-refractivity contribution in [3.8, 4) is 0 Å². The van der Waals surface area contributed by atoms with Gasteiger partial charge in [0.25, 0.3) is 0 Å². The number of benzene rings is 1. The van der Waals surface area contributed by atoms with Crippen LogP contribution in [-0.2, 0) is 12.4 Å². The molecule has 0 atom stereocenters. The van der Waals surface area contributed by atoms with Crippen molar-refractivity contribution in [1.82, 2.24) is 9.55 Å². The topological polar surface area (TPSA) is 17.8 Å². The van der Waals surface area contributed by atoms with Gasteiger partial charge in [-0.2, -0.15) is 11.8 Å². The molecule has 2 aromatic rings. The fourth-order valence-corrected chi connectivity index (χ4v) is 3.11. The Kier molecular flexibility index (Phi) is 6.30. The molecule has 0 radical (unpaired) electrons. The average Bonchev–Trinajstić information content (AvgIpc) is 2.85. The monoisotopic (exact) mass is 332 g/mol. The zero-order chi connectivity index (χ0) is 15.2. The van der Waals surface area contributed by atoms with E-state index in [1.165, 1.54) is 18.2 Å². The minimum Gasteiger partial charge on any atom is -0.324 e. The van der Waals surface area contributed by atoms with Crippen molar-refractivity contribution in [3.05, 3.63) is 29.6 Å². The van der Waals surface area contributed by atoms with Crippen LogP contribution in [0.2, 0.25) is 0 Å². The van der Waals surface area contributed by atoms with Crippen LogP contribution >= 0.6 is 23.4 Å². The van der Waals surface area contributed by atoms with Gasteiger partial charge in [0, 0.05) is 6.54 Å². The maximum absolute atomic E-state index is 14.0. The third-order valence-electron chi connectivity index (χ3n) is 3.48. The van der Waals surface area contributed by atoms with Crippen LogP contribution in [-0.4, -0.2) is 21.6 Å². The van der Waals surface area contributed by atoms with E-state index < -0.39 is 11.6 Å². The van der Waals surface area contributed by atoms with Crippen molar-refractivity contribution in [2.75, 3.05) is 12.0 Å². The van der Waals surface area contributed by atoms with E-state index in [9.17, 15) is 8.78 Å². The number of hydrogen-bond donors (Lipinski definition) is 0. The highest BCUT2D eigenvalue weighted by Gasteiger charge is 2.16. The van der Waals surface area contributed by atoms with Crippen LogP contribution < -0.4 is 0 Å². The highest BCUT2D eigenvalue weighted by molar-refractivity contribution is 7.98. The number of halogens is 3. The van der Waals surface area contributed by atoms with Gasteiger partial charge in [0.15, 0.2) is 11.6 Å². The Morgan fingerprint density at radius 1 is 1.19 bits per heavy atom. The predicted octanol–water partition coefficient (Wildman–Crippen LogP) is 4.98. The van der Waals surface area contributed by atoms with Crippen LogP contribution in [0.25, 0.3) is 11.0 Å². The van der Waals surface area contributed by atoms with Crippen molar-refractivity contribution in [3.63, 3.8) is 0 Å². The van der Waals surface area contributed by atoms with Gasteiger partial charge in [0.2, 0.25) is 0 Å². The van der Waals surface area contributed by atoms with Crippen LogP contribution in [0.4, 0.5) is 8.78 Å². The predicted molar refractivity (Wildman–Crippen MR) is 86.1 cm³/mol. The van der Waals surface area contributed by atoms with E-state index in [2.05, 4.69) is 11.2 Å². The molecule has 0 aliphatic rings. The summed E-state index contributed by atoms with van der Waals surface area (Å²) in [6, 6.07) is 2.61. The minimum atomic E-state index is -0.843. The molecule has 1 heterocycles. The van der Waals surface area contributed by atoms with Gasteiger partial charge in [-0.1, -0.05) is 12.8 Å². The van der Waals surface area contributed by atoms with Crippen LogP contribution in [0, 0.1) is 11.6 Å². The first-order valence-electron chi connectivity index (χ1n) is 7.07. The SMILES string of the molecule is CSCCCCCCn1c(CCl)nc2ccc(F)c(F)c21. The molecule has 6 heteroatoms. The zero-order valence-electron chi connectivity index (χ0n) is 12.0. The van der Waals surface area contributed by atoms with Crippen molar-refractivity contribution in [2.24, 2.45) is 0 Å². The molecule has 0 fully saturated rings. The maximum Gasteiger partial charge on any atom is 0.184 e. The summed E-state index contributed by atoms with van der Waals surface area (Å²) in [5, 5.41) is 0. The van der Waals surface area contributed by atoms with Gasteiger partial charge in [0.05, 0.1) is 11.4 Å². The van der Waals surface area contributed by atoms with E-state index >= 15 is 0 Å². The van der Waals surface area contributed by atoms with E-state index in [1.807, 2.05) is 11.8 Å². The molecule has 0 saturated carbocycles. The highest BCUT2D eigenvalue weighted by atomic mass is 35.5. The Morgan fingerprint density at radius 2 is 1.95 bits per heavy atom. The summed E-state index contributed by atoms with van der Waals surface area (Å²) in [4.78, 5) is 4.28. The molecule has 0 aliphatic heterocycles. The number of thioether (sulfide) groups is 1.